The van der Waals surface area contributed by atoms with E-state index in [9.17, 15) is 14.4 Å². The second-order valence-electron chi connectivity index (χ2n) is 12.4. The Labute approximate surface area is 274 Å². The Hall–Kier alpha value is -4.32. The zero-order chi connectivity index (χ0) is 32.6. The van der Waals surface area contributed by atoms with Gasteiger partial charge in [0.1, 0.15) is 17.6 Å². The molecule has 1 saturated heterocycles. The van der Waals surface area contributed by atoms with Crippen LogP contribution in [0.3, 0.4) is 0 Å². The summed E-state index contributed by atoms with van der Waals surface area (Å²) in [4.78, 5) is 44.2. The van der Waals surface area contributed by atoms with E-state index in [1.54, 1.807) is 13.2 Å². The first-order valence-corrected chi connectivity index (χ1v) is 18.7. The Kier molecular flexibility index (Phi) is 8.82. The third-order valence-electron chi connectivity index (χ3n) is 8.61. The van der Waals surface area contributed by atoms with Crippen LogP contribution in [0.2, 0.25) is 18.1 Å². The number of hydrogen-bond acceptors (Lipinski definition) is 7. The number of nitrogens with one attached hydrogen (secondary N) is 1. The van der Waals surface area contributed by atoms with Gasteiger partial charge in [0.15, 0.2) is 5.82 Å². The van der Waals surface area contributed by atoms with Crippen LogP contribution in [0.15, 0.2) is 71.7 Å². The van der Waals surface area contributed by atoms with Gasteiger partial charge in [0.25, 0.3) is 5.91 Å². The lowest BCUT2D eigenvalue weighted by molar-refractivity contribution is -0.121. The molecule has 46 heavy (non-hydrogen) atoms. The van der Waals surface area contributed by atoms with Crippen molar-refractivity contribution < 1.29 is 19.1 Å². The molecule has 0 aliphatic carbocycles. The summed E-state index contributed by atoms with van der Waals surface area (Å²) in [7, 11) is -0.907. The van der Waals surface area contributed by atoms with Crippen LogP contribution in [0.25, 0.3) is 5.69 Å². The SMILES string of the molecule is COc1ccc2c(c1)C(c1ccc(Cl)cc1)=N[C@@H](CC(=O)NCC1CCN(C(=O)c3cccc([Si](C)(C)O)c3)C1)c1nnc(C)n1-2. The maximum absolute atomic E-state index is 13.5. The van der Waals surface area contributed by atoms with E-state index in [4.69, 9.17) is 21.3 Å². The summed E-state index contributed by atoms with van der Waals surface area (Å²) in [5.74, 6) is 1.86. The summed E-state index contributed by atoms with van der Waals surface area (Å²) in [6.07, 6.45) is 0.863. The summed E-state index contributed by atoms with van der Waals surface area (Å²) in [6.45, 7) is 7.17. The number of nitrogens with zero attached hydrogens (tertiary/aromatic N) is 5. The van der Waals surface area contributed by atoms with Gasteiger partial charge in [-0.15, -0.1) is 10.2 Å². The quantitative estimate of drug-likeness (QED) is 0.274. The molecule has 2 aliphatic heterocycles. The molecule has 1 fully saturated rings. The second-order valence-corrected chi connectivity index (χ2v) is 16.5. The van der Waals surface area contributed by atoms with Crippen molar-refractivity contribution in [2.75, 3.05) is 26.7 Å². The Balaban J connectivity index is 1.19. The number of carbonyl (C=O) groups excluding carboxylic acids is 2. The first kappa shape index (κ1) is 31.7. The molecule has 12 heteroatoms. The maximum atomic E-state index is 13.5. The highest BCUT2D eigenvalue weighted by Gasteiger charge is 2.32. The number of carbonyl (C=O) groups is 2. The van der Waals surface area contributed by atoms with Gasteiger partial charge in [0.2, 0.25) is 14.2 Å². The normalized spacial score (nSPS) is 17.5. The Bertz CT molecular complexity index is 1820. The number of amides is 2. The van der Waals surface area contributed by atoms with Crippen LogP contribution in [0.5, 0.6) is 5.75 Å². The number of ether oxygens (including phenoxy) is 1. The average Bonchev–Trinajstić information content (AvgIpc) is 3.65. The Morgan fingerprint density at radius 3 is 2.61 bits per heavy atom. The van der Waals surface area contributed by atoms with Gasteiger partial charge in [-0.1, -0.05) is 35.9 Å². The molecule has 3 aromatic carbocycles. The summed E-state index contributed by atoms with van der Waals surface area (Å²) in [5.41, 5.74) is 3.82. The fourth-order valence-corrected chi connectivity index (χ4v) is 7.22. The number of aryl methyl sites for hydroxylation is 1. The minimum Gasteiger partial charge on any atom is -0.497 e. The van der Waals surface area contributed by atoms with Crippen LogP contribution in [-0.2, 0) is 4.79 Å². The van der Waals surface area contributed by atoms with Crippen molar-refractivity contribution in [3.05, 3.63) is 100 Å². The summed E-state index contributed by atoms with van der Waals surface area (Å²) < 4.78 is 7.50. The third-order valence-corrected chi connectivity index (χ3v) is 10.6. The zero-order valence-corrected chi connectivity index (χ0v) is 28.1. The molecule has 1 unspecified atom stereocenters. The van der Waals surface area contributed by atoms with Gasteiger partial charge in [-0.2, -0.15) is 0 Å². The largest absolute Gasteiger partial charge is 0.497 e. The highest BCUT2D eigenvalue weighted by atomic mass is 35.5. The monoisotopic (exact) mass is 656 g/mol. The fraction of sp³-hybridized carbons (Fsp3) is 0.324. The number of methoxy groups -OCH3 is 1. The van der Waals surface area contributed by atoms with E-state index in [2.05, 4.69) is 15.5 Å². The number of hydrogen-bond donors (Lipinski definition) is 2. The number of halogens is 1. The molecule has 2 amide bonds. The van der Waals surface area contributed by atoms with Crippen molar-refractivity contribution in [2.45, 2.75) is 38.9 Å². The van der Waals surface area contributed by atoms with E-state index in [1.165, 1.54) is 0 Å². The number of aromatic nitrogens is 3. The summed E-state index contributed by atoms with van der Waals surface area (Å²) >= 11 is 6.21. The average molecular weight is 657 g/mol. The molecule has 2 N–H and O–H groups in total. The highest BCUT2D eigenvalue weighted by Crippen LogP contribution is 2.34. The van der Waals surface area contributed by atoms with Crippen molar-refractivity contribution in [3.63, 3.8) is 0 Å². The topological polar surface area (TPSA) is 122 Å². The van der Waals surface area contributed by atoms with Crippen molar-refractivity contribution in [1.29, 1.82) is 0 Å². The van der Waals surface area contributed by atoms with E-state index < -0.39 is 14.4 Å². The van der Waals surface area contributed by atoms with Gasteiger partial charge in [-0.25, -0.2) is 0 Å². The molecule has 2 atom stereocenters. The van der Waals surface area contributed by atoms with Gasteiger partial charge in [0, 0.05) is 41.3 Å². The Morgan fingerprint density at radius 2 is 1.87 bits per heavy atom. The number of aliphatic imine (C=N–C) groups is 1. The first-order chi connectivity index (χ1) is 22.0. The molecular formula is C34H37ClN6O4Si. The Morgan fingerprint density at radius 1 is 1.09 bits per heavy atom. The molecule has 3 heterocycles. The smallest absolute Gasteiger partial charge is 0.253 e. The molecular weight excluding hydrogens is 620 g/mol. The zero-order valence-electron chi connectivity index (χ0n) is 26.3. The minimum atomic E-state index is -2.53. The summed E-state index contributed by atoms with van der Waals surface area (Å²) in [6, 6.07) is 19.9. The van der Waals surface area contributed by atoms with Gasteiger partial charge >= 0.3 is 0 Å². The van der Waals surface area contributed by atoms with E-state index in [-0.39, 0.29) is 24.2 Å². The summed E-state index contributed by atoms with van der Waals surface area (Å²) in [5, 5.41) is 13.3. The van der Waals surface area contributed by atoms with E-state index in [0.29, 0.717) is 53.3 Å². The molecule has 0 bridgehead atoms. The second kappa shape index (κ2) is 12.8. The lowest BCUT2D eigenvalue weighted by atomic mass is 10.00. The molecule has 0 saturated carbocycles. The molecule has 4 aromatic rings. The molecule has 10 nitrogen and oxygen atoms in total. The van der Waals surface area contributed by atoms with Crippen LogP contribution in [-0.4, -0.2) is 77.0 Å². The van der Waals surface area contributed by atoms with E-state index in [0.717, 1.165) is 28.4 Å². The predicted molar refractivity (Wildman–Crippen MR) is 180 cm³/mol. The van der Waals surface area contributed by atoms with E-state index >= 15 is 0 Å². The van der Waals surface area contributed by atoms with Gasteiger partial charge in [-0.05, 0) is 80.0 Å². The lowest BCUT2D eigenvalue weighted by Gasteiger charge is -2.19. The minimum absolute atomic E-state index is 0.0534. The number of fused-ring (bicyclic) bond motifs is 3. The molecule has 2 aliphatic rings. The number of benzene rings is 3. The van der Waals surface area contributed by atoms with Crippen LogP contribution in [0, 0.1) is 12.8 Å². The van der Waals surface area contributed by atoms with Crippen LogP contribution >= 0.6 is 11.6 Å². The van der Waals surface area contributed by atoms with Crippen LogP contribution < -0.4 is 15.2 Å². The highest BCUT2D eigenvalue weighted by molar-refractivity contribution is 6.83. The van der Waals surface area contributed by atoms with Crippen molar-refractivity contribution >= 4 is 42.6 Å². The number of likely N-dealkylation sites (tertiary alicyclic amines) is 1. The molecule has 1 aromatic heterocycles. The van der Waals surface area contributed by atoms with Gasteiger partial charge in [0.05, 0.1) is 24.9 Å². The van der Waals surface area contributed by atoms with Gasteiger partial charge in [-0.3, -0.25) is 19.1 Å². The van der Waals surface area contributed by atoms with Crippen LogP contribution in [0.4, 0.5) is 0 Å². The molecule has 238 valence electrons. The lowest BCUT2D eigenvalue weighted by Crippen LogP contribution is -2.42. The van der Waals surface area contributed by atoms with Crippen molar-refractivity contribution in [1.82, 2.24) is 25.0 Å². The van der Waals surface area contributed by atoms with Crippen molar-refractivity contribution in [3.8, 4) is 11.4 Å². The first-order valence-electron chi connectivity index (χ1n) is 15.3. The molecule has 0 radical (unpaired) electrons. The standard InChI is InChI=1S/C34H37ClN6O4Si/c1-21-38-39-33-29(37-32(23-8-10-25(35)11-9-23)28-17-26(45-2)12-13-30(28)41(21)33)18-31(42)36-19-22-14-15-40(20-22)34(43)24-6-5-7-27(16-24)46(3,4)44/h5-13,16-17,22,29,44H,14-15,18-20H2,1-4H3,(H,36,42)/t22?,29-/m0/s1. The van der Waals surface area contributed by atoms with E-state index in [1.807, 2.05) is 90.1 Å². The van der Waals surface area contributed by atoms with Crippen molar-refractivity contribution in [2.24, 2.45) is 10.9 Å². The predicted octanol–water partition coefficient (Wildman–Crippen LogP) is 4.20. The maximum Gasteiger partial charge on any atom is 0.253 e. The van der Waals surface area contributed by atoms with Crippen LogP contribution in [0.1, 0.15) is 52.0 Å². The molecule has 0 spiro atoms. The van der Waals surface area contributed by atoms with Gasteiger partial charge < -0.3 is 19.7 Å². The third kappa shape index (κ3) is 6.48. The molecule has 6 rings (SSSR count). The fourth-order valence-electron chi connectivity index (χ4n) is 6.08. The number of rotatable bonds is 8.